The Morgan fingerprint density at radius 2 is 1.83 bits per heavy atom. The third-order valence-corrected chi connectivity index (χ3v) is 7.86. The van der Waals surface area contributed by atoms with Gasteiger partial charge in [0, 0.05) is 23.8 Å². The van der Waals surface area contributed by atoms with Crippen molar-refractivity contribution >= 4 is 11.5 Å². The zero-order chi connectivity index (χ0) is 25.2. The molecule has 3 aliphatic rings. The molecule has 0 spiro atoms. The minimum atomic E-state index is -0.862. The quantitative estimate of drug-likeness (QED) is 0.565. The van der Waals surface area contributed by atoms with Gasteiger partial charge in [-0.05, 0) is 105 Å². The first-order chi connectivity index (χ1) is 17.4. The molecule has 2 heterocycles. The van der Waals surface area contributed by atoms with Crippen molar-refractivity contribution in [3.63, 3.8) is 0 Å². The summed E-state index contributed by atoms with van der Waals surface area (Å²) in [5, 5.41) is 6.46. The molecular formula is C29H36F2N4O. The number of halogens is 2. The molecule has 4 N–H and O–H groups in total. The van der Waals surface area contributed by atoms with E-state index in [0.717, 1.165) is 68.6 Å². The Bertz CT molecular complexity index is 1170. The van der Waals surface area contributed by atoms with E-state index >= 15 is 4.39 Å². The maximum Gasteiger partial charge on any atom is 0.253 e. The van der Waals surface area contributed by atoms with Crippen LogP contribution in [0.5, 0.6) is 0 Å². The molecule has 5 rings (SSSR count). The summed E-state index contributed by atoms with van der Waals surface area (Å²) in [5.41, 5.74) is 10.7. The number of allylic oxidation sites excluding steroid dienone is 1. The predicted octanol–water partition coefficient (Wildman–Crippen LogP) is 4.66. The summed E-state index contributed by atoms with van der Waals surface area (Å²) in [5.74, 6) is -1.75. The molecule has 0 radical (unpaired) electrons. The van der Waals surface area contributed by atoms with E-state index in [-0.39, 0.29) is 23.4 Å². The summed E-state index contributed by atoms with van der Waals surface area (Å²) in [6.45, 7) is 6.37. The third kappa shape index (κ3) is 5.18. The second-order valence-electron chi connectivity index (χ2n) is 10.6. The van der Waals surface area contributed by atoms with Gasteiger partial charge in [-0.2, -0.15) is 0 Å². The van der Waals surface area contributed by atoms with E-state index in [1.807, 2.05) is 18.2 Å². The average Bonchev–Trinajstić information content (AvgIpc) is 2.87. The number of likely N-dealkylation sites (tertiary alicyclic amines) is 1. The van der Waals surface area contributed by atoms with Crippen molar-refractivity contribution < 1.29 is 13.6 Å². The fraction of sp³-hybridized carbons (Fsp3) is 0.483. The molecule has 2 fully saturated rings. The summed E-state index contributed by atoms with van der Waals surface area (Å²) in [6.07, 6.45) is 5.82. The van der Waals surface area contributed by atoms with E-state index in [2.05, 4.69) is 22.5 Å². The fourth-order valence-electron chi connectivity index (χ4n) is 5.90. The number of benzene rings is 2. The number of fused-ring (bicyclic) bond motifs is 1. The van der Waals surface area contributed by atoms with Crippen LogP contribution in [0, 0.1) is 11.6 Å². The van der Waals surface area contributed by atoms with Gasteiger partial charge in [-0.3, -0.25) is 9.69 Å². The molecule has 36 heavy (non-hydrogen) atoms. The van der Waals surface area contributed by atoms with Crippen molar-refractivity contribution in [3.05, 3.63) is 64.4 Å². The van der Waals surface area contributed by atoms with Gasteiger partial charge in [0.2, 0.25) is 0 Å². The lowest BCUT2D eigenvalue weighted by Gasteiger charge is -2.29. The Labute approximate surface area is 212 Å². The first kappa shape index (κ1) is 24.9. The molecule has 5 nitrogen and oxygen atoms in total. The molecule has 0 aromatic heterocycles. The minimum absolute atomic E-state index is 0.100. The molecule has 192 valence electrons. The van der Waals surface area contributed by atoms with E-state index in [4.69, 9.17) is 5.73 Å². The lowest BCUT2D eigenvalue weighted by atomic mass is 9.80. The van der Waals surface area contributed by atoms with Crippen LogP contribution in [0.2, 0.25) is 0 Å². The molecule has 2 aromatic carbocycles. The monoisotopic (exact) mass is 494 g/mol. The predicted molar refractivity (Wildman–Crippen MR) is 139 cm³/mol. The Kier molecular flexibility index (Phi) is 7.39. The molecule has 2 aliphatic heterocycles. The highest BCUT2D eigenvalue weighted by Crippen LogP contribution is 2.40. The highest BCUT2D eigenvalue weighted by Gasteiger charge is 2.29. The van der Waals surface area contributed by atoms with Crippen molar-refractivity contribution in [1.29, 1.82) is 0 Å². The zero-order valence-corrected chi connectivity index (χ0v) is 21.0. The van der Waals surface area contributed by atoms with Gasteiger partial charge in [-0.15, -0.1) is 0 Å². The van der Waals surface area contributed by atoms with Crippen LogP contribution in [-0.4, -0.2) is 43.0 Å². The molecule has 2 aromatic rings. The van der Waals surface area contributed by atoms with Crippen LogP contribution in [0.15, 0.2) is 36.0 Å². The molecule has 1 amide bonds. The van der Waals surface area contributed by atoms with Gasteiger partial charge in [0.1, 0.15) is 0 Å². The van der Waals surface area contributed by atoms with Gasteiger partial charge in [0.25, 0.3) is 5.91 Å². The van der Waals surface area contributed by atoms with Gasteiger partial charge in [-0.25, -0.2) is 8.78 Å². The summed E-state index contributed by atoms with van der Waals surface area (Å²) >= 11 is 0. The van der Waals surface area contributed by atoms with Crippen molar-refractivity contribution in [2.24, 2.45) is 5.73 Å². The largest absolute Gasteiger partial charge is 0.401 e. The fourth-order valence-corrected chi connectivity index (χ4v) is 5.90. The van der Waals surface area contributed by atoms with Crippen molar-refractivity contribution in [2.45, 2.75) is 64.0 Å². The van der Waals surface area contributed by atoms with E-state index in [1.54, 1.807) is 6.07 Å². The highest BCUT2D eigenvalue weighted by atomic mass is 19.2. The summed E-state index contributed by atoms with van der Waals surface area (Å²) in [4.78, 5) is 15.7. The maximum absolute atomic E-state index is 15.1. The number of carbonyl (C=O) groups excluding carboxylic acids is 1. The number of carbonyl (C=O) groups is 1. The number of hydrogen-bond acceptors (Lipinski definition) is 4. The summed E-state index contributed by atoms with van der Waals surface area (Å²) < 4.78 is 29.8. The van der Waals surface area contributed by atoms with Crippen molar-refractivity contribution in [2.75, 3.05) is 26.2 Å². The van der Waals surface area contributed by atoms with Crippen LogP contribution in [0.3, 0.4) is 0 Å². The maximum atomic E-state index is 15.1. The zero-order valence-electron chi connectivity index (χ0n) is 21.0. The molecule has 1 atom stereocenters. The number of nitrogens with two attached hydrogens (primary N) is 1. The normalized spacial score (nSPS) is 21.4. The van der Waals surface area contributed by atoms with Crippen LogP contribution < -0.4 is 16.4 Å². The lowest BCUT2D eigenvalue weighted by molar-refractivity contribution is -0.116. The standard InChI is InChI=1S/C29H36F2N4O/c1-18-13-26(32)27(29(36)34-21-7-9-33-10-8-21)24-16-20(5-6-22(18)24)23-14-19(15-25(30)28(23)31)17-35-11-3-2-4-12-35/h5-6,14-16,18,21,33H,2-4,7-13,17,32H2,1H3,(H,34,36)/t18-/m1/s1. The Balaban J connectivity index is 1.49. The van der Waals surface area contributed by atoms with Crippen molar-refractivity contribution in [3.8, 4) is 11.1 Å². The van der Waals surface area contributed by atoms with Gasteiger partial charge >= 0.3 is 0 Å². The third-order valence-electron chi connectivity index (χ3n) is 7.86. The molecule has 1 aliphatic carbocycles. The number of hydrogen-bond donors (Lipinski definition) is 3. The van der Waals surface area contributed by atoms with E-state index in [1.165, 1.54) is 12.5 Å². The molecule has 0 saturated carbocycles. The van der Waals surface area contributed by atoms with Gasteiger partial charge in [0.15, 0.2) is 11.6 Å². The number of nitrogens with zero attached hydrogens (tertiary/aromatic N) is 1. The van der Waals surface area contributed by atoms with Gasteiger partial charge in [0.05, 0.1) is 5.57 Å². The van der Waals surface area contributed by atoms with Crippen LogP contribution in [-0.2, 0) is 11.3 Å². The van der Waals surface area contributed by atoms with Gasteiger partial charge < -0.3 is 16.4 Å². The Morgan fingerprint density at radius 1 is 1.08 bits per heavy atom. The van der Waals surface area contributed by atoms with E-state index in [0.29, 0.717) is 29.8 Å². The second kappa shape index (κ2) is 10.7. The molecule has 7 heteroatoms. The SMILES string of the molecule is C[C@@H]1CC(N)=C(C(=O)NC2CCNCC2)c2cc(-c3cc(CN4CCCCC4)cc(F)c3F)ccc21. The molecule has 0 bridgehead atoms. The van der Waals surface area contributed by atoms with E-state index in [9.17, 15) is 9.18 Å². The van der Waals surface area contributed by atoms with E-state index < -0.39 is 11.6 Å². The van der Waals surface area contributed by atoms with Crippen molar-refractivity contribution in [1.82, 2.24) is 15.5 Å². The van der Waals surface area contributed by atoms with Crippen LogP contribution in [0.25, 0.3) is 16.7 Å². The average molecular weight is 495 g/mol. The number of amides is 1. The van der Waals surface area contributed by atoms with Crippen LogP contribution >= 0.6 is 0 Å². The molecule has 0 unspecified atom stereocenters. The Hall–Kier alpha value is -2.77. The van der Waals surface area contributed by atoms with Crippen LogP contribution in [0.4, 0.5) is 8.78 Å². The van der Waals surface area contributed by atoms with Gasteiger partial charge in [-0.1, -0.05) is 25.5 Å². The highest BCUT2D eigenvalue weighted by molar-refractivity contribution is 6.21. The first-order valence-electron chi connectivity index (χ1n) is 13.3. The molecular weight excluding hydrogens is 458 g/mol. The summed E-state index contributed by atoms with van der Waals surface area (Å²) in [6, 6.07) is 8.75. The number of rotatable bonds is 5. The number of piperidine rings is 2. The molecule has 2 saturated heterocycles. The van der Waals surface area contributed by atoms with Crippen LogP contribution in [0.1, 0.15) is 68.1 Å². The Morgan fingerprint density at radius 3 is 2.58 bits per heavy atom. The first-order valence-corrected chi connectivity index (χ1v) is 13.3. The minimum Gasteiger partial charge on any atom is -0.401 e. The summed E-state index contributed by atoms with van der Waals surface area (Å²) in [7, 11) is 0. The lowest BCUT2D eigenvalue weighted by Crippen LogP contribution is -2.43. The second-order valence-corrected chi connectivity index (χ2v) is 10.6. The topological polar surface area (TPSA) is 70.4 Å². The smallest absolute Gasteiger partial charge is 0.253 e. The number of nitrogens with one attached hydrogen (secondary N) is 2.